The Labute approximate surface area is 178 Å². The van der Waals surface area contributed by atoms with Crippen LogP contribution in [0.4, 0.5) is 29.0 Å². The number of rotatable bonds is 4. The Morgan fingerprint density at radius 1 is 1.29 bits per heavy atom. The van der Waals surface area contributed by atoms with Gasteiger partial charge in [0.1, 0.15) is 11.6 Å². The fourth-order valence-corrected chi connectivity index (χ4v) is 3.96. The summed E-state index contributed by atoms with van der Waals surface area (Å²) in [7, 11) is 0. The first-order valence-electron chi connectivity index (χ1n) is 10.1. The predicted octanol–water partition coefficient (Wildman–Crippen LogP) is 2.33. The molecule has 4 rings (SSSR count). The summed E-state index contributed by atoms with van der Waals surface area (Å²) < 4.78 is 0. The van der Waals surface area contributed by atoms with Crippen LogP contribution < -0.4 is 21.3 Å². The van der Waals surface area contributed by atoms with Crippen LogP contribution in [0.3, 0.4) is 0 Å². The highest BCUT2D eigenvalue weighted by Crippen LogP contribution is 2.37. The largest absolute Gasteiger partial charge is 0.383 e. The number of nitrogens with zero attached hydrogens (tertiary/aromatic N) is 4. The molecule has 2 aromatic rings. The molecule has 0 radical (unpaired) electrons. The molecule has 31 heavy (non-hydrogen) atoms. The molecule has 2 aliphatic heterocycles. The molecule has 2 aliphatic rings. The van der Waals surface area contributed by atoms with Crippen LogP contribution >= 0.6 is 0 Å². The van der Waals surface area contributed by atoms with Gasteiger partial charge in [-0.3, -0.25) is 19.7 Å². The Balaban J connectivity index is 1.63. The molecular weight excluding hydrogens is 402 g/mol. The first kappa shape index (κ1) is 20.5. The van der Waals surface area contributed by atoms with Gasteiger partial charge in [-0.1, -0.05) is 6.07 Å². The summed E-state index contributed by atoms with van der Waals surface area (Å²) in [5.74, 6) is -0.952. The molecule has 162 valence electrons. The number of amides is 2. The van der Waals surface area contributed by atoms with E-state index in [1.807, 2.05) is 4.90 Å². The number of hydrogen-bond acceptors (Lipinski definition) is 8. The maximum Gasteiger partial charge on any atom is 0.274 e. The molecule has 1 atom stereocenters. The number of aryl methyl sites for hydroxylation is 1. The van der Waals surface area contributed by atoms with E-state index in [9.17, 15) is 19.7 Å². The van der Waals surface area contributed by atoms with Crippen molar-refractivity contribution in [2.75, 3.05) is 34.4 Å². The lowest BCUT2D eigenvalue weighted by Gasteiger charge is -2.30. The van der Waals surface area contributed by atoms with Crippen LogP contribution in [0.2, 0.25) is 0 Å². The number of fused-ring (bicyclic) bond motifs is 1. The topological polar surface area (TPSA) is 156 Å². The van der Waals surface area contributed by atoms with Crippen LogP contribution in [-0.2, 0) is 9.59 Å². The minimum absolute atomic E-state index is 0.103. The van der Waals surface area contributed by atoms with Crippen molar-refractivity contribution >= 4 is 40.8 Å². The zero-order valence-corrected chi connectivity index (χ0v) is 17.1. The van der Waals surface area contributed by atoms with Crippen LogP contribution in [0, 0.1) is 17.0 Å². The SMILES string of the molecule is Cc1ccc(NC(=O)C2CC(=O)Nc3nc(N4CCCCC4)nc(N)c32)cc1[N+](=O)[O-]. The summed E-state index contributed by atoms with van der Waals surface area (Å²) in [6, 6.07) is 4.41. The highest BCUT2D eigenvalue weighted by molar-refractivity contribution is 6.05. The van der Waals surface area contributed by atoms with Gasteiger partial charge in [0.05, 0.1) is 16.4 Å². The number of carbonyl (C=O) groups is 2. The molecule has 11 nitrogen and oxygen atoms in total. The van der Waals surface area contributed by atoms with Crippen molar-refractivity contribution in [2.24, 2.45) is 0 Å². The maximum atomic E-state index is 13.0. The Kier molecular flexibility index (Phi) is 5.40. The molecule has 0 aliphatic carbocycles. The Morgan fingerprint density at radius 2 is 2.03 bits per heavy atom. The summed E-state index contributed by atoms with van der Waals surface area (Å²) >= 11 is 0. The standard InChI is InChI=1S/C20H23N7O4/c1-11-5-6-12(9-14(11)27(30)31)22-19(29)13-10-15(28)23-18-16(13)17(21)24-20(25-18)26-7-3-2-4-8-26/h5-6,9,13H,2-4,7-8,10H2,1H3,(H,22,29)(H3,21,23,24,25,28). The maximum absolute atomic E-state index is 13.0. The molecule has 4 N–H and O–H groups in total. The van der Waals surface area contributed by atoms with Crippen molar-refractivity contribution < 1.29 is 14.5 Å². The molecular formula is C20H23N7O4. The van der Waals surface area contributed by atoms with Gasteiger partial charge in [-0.2, -0.15) is 9.97 Å². The van der Waals surface area contributed by atoms with Gasteiger partial charge in [-0.15, -0.1) is 0 Å². The Morgan fingerprint density at radius 3 is 2.74 bits per heavy atom. The second-order valence-electron chi connectivity index (χ2n) is 7.77. The van der Waals surface area contributed by atoms with E-state index in [-0.39, 0.29) is 35.3 Å². The van der Waals surface area contributed by atoms with Crippen LogP contribution in [0.1, 0.15) is 42.7 Å². The third-order valence-corrected chi connectivity index (χ3v) is 5.59. The number of nitro benzene ring substituents is 1. The van der Waals surface area contributed by atoms with E-state index in [2.05, 4.69) is 20.6 Å². The zero-order chi connectivity index (χ0) is 22.1. The molecule has 1 unspecified atom stereocenters. The number of benzene rings is 1. The first-order chi connectivity index (χ1) is 14.8. The lowest BCUT2D eigenvalue weighted by atomic mass is 9.91. The fraction of sp³-hybridized carbons (Fsp3) is 0.400. The molecule has 1 aromatic carbocycles. The Bertz CT molecular complexity index is 1070. The van der Waals surface area contributed by atoms with Crippen molar-refractivity contribution in [1.29, 1.82) is 0 Å². The van der Waals surface area contributed by atoms with E-state index in [1.165, 1.54) is 6.07 Å². The summed E-state index contributed by atoms with van der Waals surface area (Å²) in [6.45, 7) is 3.23. The lowest BCUT2D eigenvalue weighted by Crippen LogP contribution is -2.35. The summed E-state index contributed by atoms with van der Waals surface area (Å²) in [5.41, 5.74) is 7.20. The van der Waals surface area contributed by atoms with Crippen LogP contribution in [0.15, 0.2) is 18.2 Å². The quantitative estimate of drug-likeness (QED) is 0.498. The second kappa shape index (κ2) is 8.17. The highest BCUT2D eigenvalue weighted by Gasteiger charge is 2.35. The van der Waals surface area contributed by atoms with Crippen molar-refractivity contribution in [2.45, 2.75) is 38.5 Å². The number of piperidine rings is 1. The lowest BCUT2D eigenvalue weighted by molar-refractivity contribution is -0.385. The average Bonchev–Trinajstić information content (AvgIpc) is 2.74. The first-order valence-corrected chi connectivity index (χ1v) is 10.1. The number of aromatic nitrogens is 2. The van der Waals surface area contributed by atoms with E-state index < -0.39 is 16.7 Å². The van der Waals surface area contributed by atoms with E-state index in [1.54, 1.807) is 19.1 Å². The van der Waals surface area contributed by atoms with Crippen LogP contribution in [0.25, 0.3) is 0 Å². The minimum Gasteiger partial charge on any atom is -0.383 e. The fourth-order valence-electron chi connectivity index (χ4n) is 3.96. The normalized spacial score (nSPS) is 18.2. The summed E-state index contributed by atoms with van der Waals surface area (Å²) in [5, 5.41) is 16.5. The molecule has 1 saturated heterocycles. The van der Waals surface area contributed by atoms with E-state index in [0.29, 0.717) is 17.1 Å². The monoisotopic (exact) mass is 425 g/mol. The third kappa shape index (κ3) is 4.11. The van der Waals surface area contributed by atoms with Gasteiger partial charge in [-0.25, -0.2) is 0 Å². The number of hydrogen-bond donors (Lipinski definition) is 3. The molecule has 0 saturated carbocycles. The minimum atomic E-state index is -0.903. The van der Waals surface area contributed by atoms with Gasteiger partial charge < -0.3 is 21.3 Å². The van der Waals surface area contributed by atoms with Gasteiger partial charge in [0.15, 0.2) is 0 Å². The average molecular weight is 425 g/mol. The number of nitrogens with two attached hydrogens (primary N) is 1. The van der Waals surface area contributed by atoms with Gasteiger partial charge in [0, 0.05) is 36.8 Å². The molecule has 11 heteroatoms. The third-order valence-electron chi connectivity index (χ3n) is 5.59. The van der Waals surface area contributed by atoms with Crippen molar-refractivity contribution in [3.8, 4) is 0 Å². The predicted molar refractivity (Wildman–Crippen MR) is 115 cm³/mol. The molecule has 3 heterocycles. The van der Waals surface area contributed by atoms with E-state index in [0.717, 1.165) is 32.4 Å². The molecule has 0 spiro atoms. The number of carbonyl (C=O) groups excluding carboxylic acids is 2. The summed E-state index contributed by atoms with van der Waals surface area (Å²) in [6.07, 6.45) is 3.08. The molecule has 2 amide bonds. The second-order valence-corrected chi connectivity index (χ2v) is 7.77. The van der Waals surface area contributed by atoms with E-state index >= 15 is 0 Å². The Hall–Kier alpha value is -3.76. The van der Waals surface area contributed by atoms with Gasteiger partial charge in [-0.05, 0) is 32.3 Å². The smallest absolute Gasteiger partial charge is 0.274 e. The van der Waals surface area contributed by atoms with Crippen molar-refractivity contribution in [3.05, 3.63) is 39.4 Å². The molecule has 1 aromatic heterocycles. The van der Waals surface area contributed by atoms with Crippen molar-refractivity contribution in [1.82, 2.24) is 9.97 Å². The number of nitrogens with one attached hydrogen (secondary N) is 2. The number of nitro groups is 1. The molecule has 1 fully saturated rings. The van der Waals surface area contributed by atoms with Crippen LogP contribution in [0.5, 0.6) is 0 Å². The van der Waals surface area contributed by atoms with Gasteiger partial charge >= 0.3 is 0 Å². The number of nitrogen functional groups attached to an aromatic ring is 1. The van der Waals surface area contributed by atoms with E-state index in [4.69, 9.17) is 5.73 Å². The molecule has 0 bridgehead atoms. The van der Waals surface area contributed by atoms with Crippen molar-refractivity contribution in [3.63, 3.8) is 0 Å². The number of anilines is 4. The van der Waals surface area contributed by atoms with Gasteiger partial charge in [0.25, 0.3) is 5.69 Å². The highest BCUT2D eigenvalue weighted by atomic mass is 16.6. The van der Waals surface area contributed by atoms with Gasteiger partial charge in [0.2, 0.25) is 17.8 Å². The zero-order valence-electron chi connectivity index (χ0n) is 17.1. The van der Waals surface area contributed by atoms with Crippen LogP contribution in [-0.4, -0.2) is 39.8 Å². The summed E-state index contributed by atoms with van der Waals surface area (Å²) in [4.78, 5) is 46.8.